The maximum Gasteiger partial charge on any atom is 0.263 e. The first-order chi connectivity index (χ1) is 9.67. The van der Waals surface area contributed by atoms with Crippen molar-refractivity contribution >= 4 is 5.91 Å². The van der Waals surface area contributed by atoms with Crippen molar-refractivity contribution in [2.24, 2.45) is 0 Å². The van der Waals surface area contributed by atoms with Crippen LogP contribution in [0, 0.1) is 18.3 Å². The molecule has 0 saturated heterocycles. The van der Waals surface area contributed by atoms with Gasteiger partial charge in [0.15, 0.2) is 0 Å². The summed E-state index contributed by atoms with van der Waals surface area (Å²) in [6.07, 6.45) is 3.19. The van der Waals surface area contributed by atoms with Gasteiger partial charge in [0.05, 0.1) is 0 Å². The fraction of sp³-hybridized carbons (Fsp3) is 0.375. The van der Waals surface area contributed by atoms with E-state index < -0.39 is 0 Å². The zero-order valence-electron chi connectivity index (χ0n) is 12.1. The van der Waals surface area contributed by atoms with Gasteiger partial charge in [0, 0.05) is 19.3 Å². The number of benzene rings is 1. The van der Waals surface area contributed by atoms with Crippen LogP contribution in [0.25, 0.3) is 0 Å². The predicted molar refractivity (Wildman–Crippen MR) is 79.9 cm³/mol. The molecule has 0 aliphatic carbocycles. The van der Waals surface area contributed by atoms with Crippen molar-refractivity contribution in [2.75, 3.05) is 13.1 Å². The Kier molecular flexibility index (Phi) is 6.91. The predicted octanol–water partition coefficient (Wildman–Crippen LogP) is 2.06. The zero-order valence-corrected chi connectivity index (χ0v) is 12.1. The molecule has 1 aromatic rings. The van der Waals surface area contributed by atoms with Crippen LogP contribution in [-0.4, -0.2) is 19.0 Å². The third kappa shape index (κ3) is 5.57. The molecular formula is C16H21N3O. The molecule has 0 aliphatic rings. The van der Waals surface area contributed by atoms with Gasteiger partial charge < -0.3 is 10.6 Å². The number of carbonyl (C=O) groups excluding carboxylic acids is 1. The Morgan fingerprint density at radius 2 is 2.00 bits per heavy atom. The monoisotopic (exact) mass is 271 g/mol. The lowest BCUT2D eigenvalue weighted by atomic mass is 10.1. The average molecular weight is 271 g/mol. The molecule has 1 rings (SSSR count). The van der Waals surface area contributed by atoms with Crippen LogP contribution < -0.4 is 10.6 Å². The van der Waals surface area contributed by atoms with E-state index in [1.807, 2.05) is 13.0 Å². The lowest BCUT2D eigenvalue weighted by molar-refractivity contribution is -0.117. The highest BCUT2D eigenvalue weighted by Gasteiger charge is 2.06. The van der Waals surface area contributed by atoms with Crippen molar-refractivity contribution in [2.45, 2.75) is 26.7 Å². The molecule has 0 fully saturated rings. The summed E-state index contributed by atoms with van der Waals surface area (Å²) in [5.41, 5.74) is 2.58. The topological polar surface area (TPSA) is 64.9 Å². The highest BCUT2D eigenvalue weighted by molar-refractivity contribution is 5.97. The largest absolute Gasteiger partial charge is 0.389 e. The van der Waals surface area contributed by atoms with Gasteiger partial charge in [-0.25, -0.2) is 0 Å². The van der Waals surface area contributed by atoms with E-state index in [1.165, 1.54) is 17.3 Å². The van der Waals surface area contributed by atoms with Crippen LogP contribution in [-0.2, 0) is 11.2 Å². The van der Waals surface area contributed by atoms with Gasteiger partial charge in [0.2, 0.25) is 0 Å². The molecule has 0 spiro atoms. The minimum atomic E-state index is -0.322. The quantitative estimate of drug-likeness (QED) is 0.453. The molecule has 0 atom stereocenters. The van der Waals surface area contributed by atoms with Gasteiger partial charge in [-0.05, 0) is 25.3 Å². The Labute approximate surface area is 120 Å². The Bertz CT molecular complexity index is 497. The number of carbonyl (C=O) groups is 1. The van der Waals surface area contributed by atoms with Gasteiger partial charge in [-0.3, -0.25) is 4.79 Å². The van der Waals surface area contributed by atoms with Crippen LogP contribution in [0.5, 0.6) is 0 Å². The molecule has 1 aromatic carbocycles. The third-order valence-corrected chi connectivity index (χ3v) is 2.83. The van der Waals surface area contributed by atoms with Gasteiger partial charge in [-0.1, -0.05) is 36.8 Å². The number of hydrogen-bond donors (Lipinski definition) is 2. The number of nitriles is 1. The second-order valence-corrected chi connectivity index (χ2v) is 4.62. The van der Waals surface area contributed by atoms with Crippen LogP contribution in [0.15, 0.2) is 36.0 Å². The van der Waals surface area contributed by atoms with Gasteiger partial charge in [-0.15, -0.1) is 0 Å². The Morgan fingerprint density at radius 3 is 2.60 bits per heavy atom. The van der Waals surface area contributed by atoms with Crippen LogP contribution in [0.1, 0.15) is 24.5 Å². The van der Waals surface area contributed by atoms with E-state index in [4.69, 9.17) is 5.26 Å². The van der Waals surface area contributed by atoms with Gasteiger partial charge >= 0.3 is 0 Å². The third-order valence-electron chi connectivity index (χ3n) is 2.83. The second kappa shape index (κ2) is 8.76. The Balaban J connectivity index is 2.40. The molecular weight excluding hydrogens is 250 g/mol. The fourth-order valence-electron chi connectivity index (χ4n) is 1.63. The summed E-state index contributed by atoms with van der Waals surface area (Å²) in [7, 11) is 0. The summed E-state index contributed by atoms with van der Waals surface area (Å²) in [6.45, 7) is 5.30. The summed E-state index contributed by atoms with van der Waals surface area (Å²) < 4.78 is 0. The van der Waals surface area contributed by atoms with E-state index in [0.29, 0.717) is 13.1 Å². The molecule has 1 amide bonds. The second-order valence-electron chi connectivity index (χ2n) is 4.62. The summed E-state index contributed by atoms with van der Waals surface area (Å²) in [5, 5.41) is 14.6. The first kappa shape index (κ1) is 15.8. The molecule has 106 valence electrons. The van der Waals surface area contributed by atoms with Crippen LogP contribution in [0.3, 0.4) is 0 Å². The molecule has 0 aliphatic heterocycles. The molecule has 2 N–H and O–H groups in total. The van der Waals surface area contributed by atoms with Crippen molar-refractivity contribution < 1.29 is 4.79 Å². The maximum absolute atomic E-state index is 11.6. The van der Waals surface area contributed by atoms with Crippen molar-refractivity contribution in [3.8, 4) is 6.07 Å². The Morgan fingerprint density at radius 1 is 1.30 bits per heavy atom. The molecule has 0 saturated carbocycles. The number of nitrogens with one attached hydrogen (secondary N) is 2. The minimum Gasteiger partial charge on any atom is -0.389 e. The summed E-state index contributed by atoms with van der Waals surface area (Å²) in [4.78, 5) is 11.6. The lowest BCUT2D eigenvalue weighted by Crippen LogP contribution is -2.26. The summed E-state index contributed by atoms with van der Waals surface area (Å²) in [6, 6.07) is 10.2. The molecule has 4 heteroatoms. The Hall–Kier alpha value is -2.28. The van der Waals surface area contributed by atoms with Crippen molar-refractivity contribution in [1.29, 1.82) is 5.26 Å². The number of aryl methyl sites for hydroxylation is 1. The van der Waals surface area contributed by atoms with E-state index >= 15 is 0 Å². The lowest BCUT2D eigenvalue weighted by Gasteiger charge is -2.04. The van der Waals surface area contributed by atoms with E-state index in [1.54, 1.807) is 0 Å². The highest BCUT2D eigenvalue weighted by Crippen LogP contribution is 2.03. The van der Waals surface area contributed by atoms with Gasteiger partial charge in [0.25, 0.3) is 5.91 Å². The van der Waals surface area contributed by atoms with E-state index in [0.717, 1.165) is 12.8 Å². The van der Waals surface area contributed by atoms with Gasteiger partial charge in [-0.2, -0.15) is 5.26 Å². The van der Waals surface area contributed by atoms with Crippen molar-refractivity contribution in [3.05, 3.63) is 47.2 Å². The zero-order chi connectivity index (χ0) is 14.8. The first-order valence-corrected chi connectivity index (χ1v) is 6.84. The first-order valence-electron chi connectivity index (χ1n) is 6.84. The van der Waals surface area contributed by atoms with E-state index in [9.17, 15) is 4.79 Å². The van der Waals surface area contributed by atoms with Crippen molar-refractivity contribution in [1.82, 2.24) is 10.6 Å². The normalized spacial score (nSPS) is 10.8. The summed E-state index contributed by atoms with van der Waals surface area (Å²) >= 11 is 0. The SMILES string of the molecule is CCCNC(=O)/C(C#N)=C\NCCc1ccc(C)cc1. The molecule has 20 heavy (non-hydrogen) atoms. The average Bonchev–Trinajstić information content (AvgIpc) is 2.46. The van der Waals surface area contributed by atoms with Gasteiger partial charge in [0.1, 0.15) is 11.6 Å². The molecule has 0 aromatic heterocycles. The summed E-state index contributed by atoms with van der Waals surface area (Å²) in [5.74, 6) is -0.322. The highest BCUT2D eigenvalue weighted by atomic mass is 16.1. The van der Waals surface area contributed by atoms with Crippen LogP contribution >= 0.6 is 0 Å². The maximum atomic E-state index is 11.6. The fourth-order valence-corrected chi connectivity index (χ4v) is 1.63. The van der Waals surface area contributed by atoms with Crippen LogP contribution in [0.4, 0.5) is 0 Å². The number of nitrogens with zero attached hydrogens (tertiary/aromatic N) is 1. The van der Waals surface area contributed by atoms with Crippen LogP contribution in [0.2, 0.25) is 0 Å². The number of hydrogen-bond acceptors (Lipinski definition) is 3. The number of amides is 1. The minimum absolute atomic E-state index is 0.113. The standard InChI is InChI=1S/C16H21N3O/c1-3-9-19-16(20)15(11-17)12-18-10-8-14-6-4-13(2)5-7-14/h4-7,12,18H,3,8-10H2,1-2H3,(H,19,20)/b15-12-. The molecule has 0 bridgehead atoms. The van der Waals surface area contributed by atoms with E-state index in [-0.39, 0.29) is 11.5 Å². The molecule has 0 unspecified atom stereocenters. The smallest absolute Gasteiger partial charge is 0.263 e. The number of rotatable bonds is 7. The van der Waals surface area contributed by atoms with E-state index in [2.05, 4.69) is 41.8 Å². The molecule has 0 radical (unpaired) electrons. The van der Waals surface area contributed by atoms with Crippen molar-refractivity contribution in [3.63, 3.8) is 0 Å². The molecule has 0 heterocycles. The molecule has 4 nitrogen and oxygen atoms in total.